The predicted octanol–water partition coefficient (Wildman–Crippen LogP) is 4.65. The predicted molar refractivity (Wildman–Crippen MR) is 79.3 cm³/mol. The second kappa shape index (κ2) is 5.38. The number of hydrogen-bond acceptors (Lipinski definition) is 1. The lowest BCUT2D eigenvalue weighted by Gasteiger charge is -2.19. The van der Waals surface area contributed by atoms with Gasteiger partial charge in [-0.3, -0.25) is 4.79 Å². The van der Waals surface area contributed by atoms with Gasteiger partial charge in [-0.2, -0.15) is 0 Å². The van der Waals surface area contributed by atoms with Crippen LogP contribution in [0.15, 0.2) is 24.3 Å². The largest absolute Gasteiger partial charge is 0.321 e. The van der Waals surface area contributed by atoms with Gasteiger partial charge in [-0.15, -0.1) is 0 Å². The molecule has 100 valence electrons. The van der Waals surface area contributed by atoms with Gasteiger partial charge in [0.15, 0.2) is 0 Å². The highest BCUT2D eigenvalue weighted by Crippen LogP contribution is 2.35. The summed E-state index contributed by atoms with van der Waals surface area (Å²) in [7, 11) is 0. The minimum Gasteiger partial charge on any atom is -0.321 e. The van der Waals surface area contributed by atoms with E-state index in [0.29, 0.717) is 5.02 Å². The maximum absolute atomic E-state index is 12.0. The van der Waals surface area contributed by atoms with Crippen LogP contribution in [0.3, 0.4) is 0 Å². The fourth-order valence-electron chi connectivity index (χ4n) is 3.08. The van der Waals surface area contributed by atoms with Crippen LogP contribution in [0, 0.1) is 5.92 Å². The maximum atomic E-state index is 12.0. The highest BCUT2D eigenvalue weighted by atomic mass is 35.5. The van der Waals surface area contributed by atoms with E-state index < -0.39 is 0 Å². The van der Waals surface area contributed by atoms with E-state index >= 15 is 0 Å². The minimum absolute atomic E-state index is 0.00748. The van der Waals surface area contributed by atoms with Crippen LogP contribution in [0.4, 0.5) is 5.69 Å². The first-order chi connectivity index (χ1) is 9.24. The van der Waals surface area contributed by atoms with Gasteiger partial charge in [-0.05, 0) is 24.5 Å². The molecular weight excluding hydrogens is 258 g/mol. The number of allylic oxidation sites excluding steroid dienone is 1. The normalized spacial score (nSPS) is 21.5. The molecule has 2 aliphatic rings. The van der Waals surface area contributed by atoms with Crippen molar-refractivity contribution in [3.63, 3.8) is 0 Å². The van der Waals surface area contributed by atoms with Gasteiger partial charge in [0.2, 0.25) is 0 Å². The average Bonchev–Trinajstić information content (AvgIpc) is 2.72. The van der Waals surface area contributed by atoms with Crippen molar-refractivity contribution >= 4 is 28.8 Å². The summed E-state index contributed by atoms with van der Waals surface area (Å²) in [6.45, 7) is 0. The third kappa shape index (κ3) is 2.69. The Morgan fingerprint density at radius 2 is 2.05 bits per heavy atom. The number of nitrogens with one attached hydrogen (secondary N) is 1. The Kier molecular flexibility index (Phi) is 3.61. The molecule has 0 aromatic heterocycles. The molecule has 3 heteroatoms. The van der Waals surface area contributed by atoms with Crippen molar-refractivity contribution < 1.29 is 4.79 Å². The zero-order valence-electron chi connectivity index (χ0n) is 10.9. The minimum atomic E-state index is 0.00748. The smallest absolute Gasteiger partial charge is 0.256 e. The first kappa shape index (κ1) is 12.7. The van der Waals surface area contributed by atoms with Crippen molar-refractivity contribution in [1.29, 1.82) is 0 Å². The molecule has 0 spiro atoms. The number of benzene rings is 1. The molecule has 0 bridgehead atoms. The number of rotatable bonds is 2. The summed E-state index contributed by atoms with van der Waals surface area (Å²) in [5.74, 6) is 0.762. The Balaban J connectivity index is 1.79. The summed E-state index contributed by atoms with van der Waals surface area (Å²) in [5.41, 5.74) is 2.65. The van der Waals surface area contributed by atoms with Crippen LogP contribution in [-0.4, -0.2) is 5.91 Å². The molecule has 1 heterocycles. The van der Waals surface area contributed by atoms with Gasteiger partial charge < -0.3 is 5.32 Å². The van der Waals surface area contributed by atoms with E-state index in [9.17, 15) is 4.79 Å². The van der Waals surface area contributed by atoms with Gasteiger partial charge in [0.05, 0.1) is 5.69 Å². The summed E-state index contributed by atoms with van der Waals surface area (Å²) in [5, 5.41) is 3.54. The van der Waals surface area contributed by atoms with E-state index in [1.807, 2.05) is 18.2 Å². The third-order valence-corrected chi connectivity index (χ3v) is 4.38. The molecule has 1 N–H and O–H groups in total. The lowest BCUT2D eigenvalue weighted by molar-refractivity contribution is -0.110. The summed E-state index contributed by atoms with van der Waals surface area (Å²) >= 11 is 5.95. The molecule has 1 fully saturated rings. The lowest BCUT2D eigenvalue weighted by Crippen LogP contribution is -2.07. The molecule has 0 unspecified atom stereocenters. The molecule has 2 nitrogen and oxygen atoms in total. The molecule has 1 saturated carbocycles. The Morgan fingerprint density at radius 3 is 2.84 bits per heavy atom. The monoisotopic (exact) mass is 275 g/mol. The van der Waals surface area contributed by atoms with Crippen molar-refractivity contribution in [2.24, 2.45) is 5.92 Å². The van der Waals surface area contributed by atoms with Crippen LogP contribution in [0.25, 0.3) is 5.57 Å². The molecule has 3 rings (SSSR count). The number of hydrogen-bond donors (Lipinski definition) is 1. The fraction of sp³-hybridized carbons (Fsp3) is 0.438. The zero-order valence-corrected chi connectivity index (χ0v) is 11.7. The Hall–Kier alpha value is -1.28. The lowest BCUT2D eigenvalue weighted by atomic mass is 9.86. The maximum Gasteiger partial charge on any atom is 0.256 e. The van der Waals surface area contributed by atoms with E-state index in [2.05, 4.69) is 11.4 Å². The van der Waals surface area contributed by atoms with Gasteiger partial charge in [-0.25, -0.2) is 0 Å². The molecule has 1 amide bonds. The first-order valence-electron chi connectivity index (χ1n) is 7.05. The number of halogens is 1. The van der Waals surface area contributed by atoms with E-state index in [1.165, 1.54) is 32.1 Å². The molecule has 0 saturated heterocycles. The van der Waals surface area contributed by atoms with Gasteiger partial charge in [0, 0.05) is 16.2 Å². The summed E-state index contributed by atoms with van der Waals surface area (Å²) in [6.07, 6.45) is 9.79. The Bertz CT molecular complexity index is 530. The quantitative estimate of drug-likeness (QED) is 0.783. The van der Waals surface area contributed by atoms with Crippen LogP contribution in [0.1, 0.15) is 44.1 Å². The molecule has 1 aromatic carbocycles. The Morgan fingerprint density at radius 1 is 1.26 bits per heavy atom. The van der Waals surface area contributed by atoms with E-state index in [1.54, 1.807) is 0 Å². The van der Waals surface area contributed by atoms with Crippen LogP contribution in [0.5, 0.6) is 0 Å². The topological polar surface area (TPSA) is 29.1 Å². The molecule has 1 aromatic rings. The first-order valence-corrected chi connectivity index (χ1v) is 7.43. The molecule has 19 heavy (non-hydrogen) atoms. The fourth-order valence-corrected chi connectivity index (χ4v) is 3.25. The summed E-state index contributed by atoms with van der Waals surface area (Å²) in [4.78, 5) is 12.0. The second-order valence-electron chi connectivity index (χ2n) is 5.50. The van der Waals surface area contributed by atoms with Crippen LogP contribution in [0.2, 0.25) is 5.02 Å². The van der Waals surface area contributed by atoms with Crippen molar-refractivity contribution in [3.05, 3.63) is 34.9 Å². The van der Waals surface area contributed by atoms with Gasteiger partial charge in [0.1, 0.15) is 0 Å². The molecule has 1 aliphatic heterocycles. The number of amides is 1. The number of carbonyl (C=O) groups excluding carboxylic acids is 1. The molecule has 1 aliphatic carbocycles. The number of carbonyl (C=O) groups is 1. The highest BCUT2D eigenvalue weighted by molar-refractivity contribution is 6.34. The van der Waals surface area contributed by atoms with Crippen molar-refractivity contribution in [2.75, 3.05) is 5.32 Å². The van der Waals surface area contributed by atoms with Gasteiger partial charge in [-0.1, -0.05) is 55.8 Å². The van der Waals surface area contributed by atoms with E-state index in [4.69, 9.17) is 11.6 Å². The highest BCUT2D eigenvalue weighted by Gasteiger charge is 2.24. The molecule has 0 radical (unpaired) electrons. The molecule has 0 atom stereocenters. The Labute approximate surface area is 118 Å². The van der Waals surface area contributed by atoms with Crippen LogP contribution in [-0.2, 0) is 4.79 Å². The SMILES string of the molecule is O=C1Nc2cc(Cl)ccc2C1=CCC1CCCCC1. The number of anilines is 1. The average molecular weight is 276 g/mol. The summed E-state index contributed by atoms with van der Waals surface area (Å²) < 4.78 is 0. The standard InChI is InChI=1S/C16H18ClNO/c17-12-7-9-13-14(16(19)18-15(13)10-12)8-6-11-4-2-1-3-5-11/h7-11H,1-6H2,(H,18,19). The van der Waals surface area contributed by atoms with E-state index in [-0.39, 0.29) is 5.91 Å². The van der Waals surface area contributed by atoms with Gasteiger partial charge in [0.25, 0.3) is 5.91 Å². The third-order valence-electron chi connectivity index (χ3n) is 4.14. The van der Waals surface area contributed by atoms with Crippen molar-refractivity contribution in [3.8, 4) is 0 Å². The van der Waals surface area contributed by atoms with E-state index in [0.717, 1.165) is 29.2 Å². The van der Waals surface area contributed by atoms with Crippen molar-refractivity contribution in [1.82, 2.24) is 0 Å². The van der Waals surface area contributed by atoms with Gasteiger partial charge >= 0.3 is 0 Å². The van der Waals surface area contributed by atoms with Crippen LogP contribution < -0.4 is 5.32 Å². The van der Waals surface area contributed by atoms with Crippen molar-refractivity contribution in [2.45, 2.75) is 38.5 Å². The number of fused-ring (bicyclic) bond motifs is 1. The second-order valence-corrected chi connectivity index (χ2v) is 5.94. The molecular formula is C16H18ClNO. The summed E-state index contributed by atoms with van der Waals surface area (Å²) in [6, 6.07) is 5.59. The zero-order chi connectivity index (χ0) is 13.2. The van der Waals surface area contributed by atoms with Crippen LogP contribution >= 0.6 is 11.6 Å².